The predicted octanol–water partition coefficient (Wildman–Crippen LogP) is 1.75. The minimum Gasteiger partial charge on any atom is -0.493 e. The molecule has 1 aromatic rings. The molecular formula is C11H14ClNO4. The molecule has 3 N–H and O–H groups in total. The van der Waals surface area contributed by atoms with Crippen LogP contribution >= 0.6 is 11.6 Å². The number of carboxylic acids is 1. The Labute approximate surface area is 104 Å². The molecule has 5 nitrogen and oxygen atoms in total. The number of aliphatic carboxylic acids is 1. The molecule has 0 saturated heterocycles. The summed E-state index contributed by atoms with van der Waals surface area (Å²) in [4.78, 5) is 10.9. The van der Waals surface area contributed by atoms with Crippen LogP contribution in [0, 0.1) is 6.92 Å². The van der Waals surface area contributed by atoms with Gasteiger partial charge in [0, 0.05) is 5.56 Å². The Morgan fingerprint density at radius 2 is 1.94 bits per heavy atom. The fourth-order valence-corrected chi connectivity index (χ4v) is 1.89. The van der Waals surface area contributed by atoms with Crippen molar-refractivity contribution in [1.29, 1.82) is 0 Å². The van der Waals surface area contributed by atoms with Gasteiger partial charge in [-0.25, -0.2) is 0 Å². The lowest BCUT2D eigenvalue weighted by Gasteiger charge is -2.17. The van der Waals surface area contributed by atoms with Gasteiger partial charge in [0.05, 0.1) is 19.2 Å². The SMILES string of the molecule is COc1c(Cl)cc(C(N)C(=O)O)c(C)c1OC. The normalized spacial score (nSPS) is 12.1. The molecular weight excluding hydrogens is 246 g/mol. The van der Waals surface area contributed by atoms with Gasteiger partial charge in [-0.2, -0.15) is 0 Å². The van der Waals surface area contributed by atoms with Gasteiger partial charge in [-0.1, -0.05) is 11.6 Å². The van der Waals surface area contributed by atoms with Crippen LogP contribution < -0.4 is 15.2 Å². The Morgan fingerprint density at radius 3 is 2.35 bits per heavy atom. The van der Waals surface area contributed by atoms with E-state index in [4.69, 9.17) is 31.9 Å². The highest BCUT2D eigenvalue weighted by Crippen LogP contribution is 2.40. The van der Waals surface area contributed by atoms with Crippen molar-refractivity contribution in [3.05, 3.63) is 22.2 Å². The zero-order valence-corrected chi connectivity index (χ0v) is 10.5. The Bertz CT molecular complexity index is 448. The first-order chi connectivity index (χ1) is 7.93. The lowest BCUT2D eigenvalue weighted by molar-refractivity contribution is -0.138. The number of nitrogens with two attached hydrogens (primary N) is 1. The summed E-state index contributed by atoms with van der Waals surface area (Å²) >= 11 is 5.98. The third-order valence-electron chi connectivity index (χ3n) is 2.49. The molecule has 0 aliphatic heterocycles. The standard InChI is InChI=1S/C11H14ClNO4/c1-5-6(8(13)11(14)15)4-7(12)10(17-3)9(5)16-2/h4,8H,13H2,1-3H3,(H,14,15). The smallest absolute Gasteiger partial charge is 0.325 e. The van der Waals surface area contributed by atoms with E-state index >= 15 is 0 Å². The summed E-state index contributed by atoms with van der Waals surface area (Å²) in [6, 6.07) is 0.337. The number of ether oxygens (including phenoxy) is 2. The molecule has 0 heterocycles. The van der Waals surface area contributed by atoms with Crippen molar-refractivity contribution >= 4 is 17.6 Å². The quantitative estimate of drug-likeness (QED) is 0.861. The van der Waals surface area contributed by atoms with Crippen LogP contribution in [0.2, 0.25) is 5.02 Å². The molecule has 0 spiro atoms. The number of rotatable bonds is 4. The molecule has 17 heavy (non-hydrogen) atoms. The van der Waals surface area contributed by atoms with Crippen LogP contribution in [-0.4, -0.2) is 25.3 Å². The third kappa shape index (κ3) is 2.45. The van der Waals surface area contributed by atoms with E-state index in [1.807, 2.05) is 0 Å². The second-order valence-electron chi connectivity index (χ2n) is 3.46. The lowest BCUT2D eigenvalue weighted by Crippen LogP contribution is -2.22. The maximum absolute atomic E-state index is 10.9. The van der Waals surface area contributed by atoms with Crippen molar-refractivity contribution in [2.75, 3.05) is 14.2 Å². The molecule has 1 atom stereocenters. The topological polar surface area (TPSA) is 81.8 Å². The number of benzene rings is 1. The summed E-state index contributed by atoms with van der Waals surface area (Å²) in [6.07, 6.45) is 0. The second-order valence-corrected chi connectivity index (χ2v) is 3.86. The van der Waals surface area contributed by atoms with E-state index < -0.39 is 12.0 Å². The number of halogens is 1. The van der Waals surface area contributed by atoms with Crippen LogP contribution in [0.15, 0.2) is 6.07 Å². The van der Waals surface area contributed by atoms with Crippen LogP contribution in [0.1, 0.15) is 17.2 Å². The highest BCUT2D eigenvalue weighted by molar-refractivity contribution is 6.32. The molecule has 6 heteroatoms. The Balaban J connectivity index is 3.45. The van der Waals surface area contributed by atoms with Crippen LogP contribution in [-0.2, 0) is 4.79 Å². The molecule has 94 valence electrons. The molecule has 0 aliphatic rings. The van der Waals surface area contributed by atoms with Gasteiger partial charge in [0.1, 0.15) is 6.04 Å². The predicted molar refractivity (Wildman–Crippen MR) is 63.9 cm³/mol. The van der Waals surface area contributed by atoms with Crippen molar-refractivity contribution in [3.63, 3.8) is 0 Å². The van der Waals surface area contributed by atoms with Crippen molar-refractivity contribution in [2.24, 2.45) is 5.73 Å². The molecule has 0 aliphatic carbocycles. The van der Waals surface area contributed by atoms with Crippen molar-refractivity contribution < 1.29 is 19.4 Å². The minimum atomic E-state index is -1.15. The lowest BCUT2D eigenvalue weighted by atomic mass is 10.0. The van der Waals surface area contributed by atoms with Gasteiger partial charge in [0.2, 0.25) is 0 Å². The number of hydrogen-bond acceptors (Lipinski definition) is 4. The van der Waals surface area contributed by atoms with Crippen molar-refractivity contribution in [2.45, 2.75) is 13.0 Å². The Hall–Kier alpha value is -1.46. The summed E-state index contributed by atoms with van der Waals surface area (Å²) < 4.78 is 10.3. The number of carboxylic acid groups (broad SMARTS) is 1. The molecule has 0 amide bonds. The second kappa shape index (κ2) is 5.25. The van der Waals surface area contributed by atoms with E-state index in [0.29, 0.717) is 22.6 Å². The van der Waals surface area contributed by atoms with Gasteiger partial charge in [-0.15, -0.1) is 0 Å². The molecule has 0 aromatic heterocycles. The van der Waals surface area contributed by atoms with Gasteiger partial charge in [-0.05, 0) is 18.6 Å². The first-order valence-corrected chi connectivity index (χ1v) is 5.21. The molecule has 1 rings (SSSR count). The highest BCUT2D eigenvalue weighted by Gasteiger charge is 2.23. The van der Waals surface area contributed by atoms with Gasteiger partial charge < -0.3 is 20.3 Å². The van der Waals surface area contributed by atoms with E-state index in [0.717, 1.165) is 0 Å². The summed E-state index contributed by atoms with van der Waals surface area (Å²) in [5.74, 6) is -0.365. The van der Waals surface area contributed by atoms with E-state index in [9.17, 15) is 4.79 Å². The molecule has 0 saturated carbocycles. The van der Waals surface area contributed by atoms with E-state index in [2.05, 4.69) is 0 Å². The van der Waals surface area contributed by atoms with Crippen LogP contribution in [0.5, 0.6) is 11.5 Å². The largest absolute Gasteiger partial charge is 0.493 e. The van der Waals surface area contributed by atoms with Gasteiger partial charge in [-0.3, -0.25) is 4.79 Å². The van der Waals surface area contributed by atoms with Gasteiger partial charge in [0.25, 0.3) is 0 Å². The fourth-order valence-electron chi connectivity index (χ4n) is 1.61. The van der Waals surface area contributed by atoms with Crippen LogP contribution in [0.25, 0.3) is 0 Å². The first kappa shape index (κ1) is 13.6. The number of methoxy groups -OCH3 is 2. The molecule has 1 aromatic carbocycles. The first-order valence-electron chi connectivity index (χ1n) is 4.83. The van der Waals surface area contributed by atoms with Crippen molar-refractivity contribution in [3.8, 4) is 11.5 Å². The summed E-state index contributed by atoms with van der Waals surface area (Å²) in [6.45, 7) is 1.70. The van der Waals surface area contributed by atoms with E-state index in [-0.39, 0.29) is 5.02 Å². The van der Waals surface area contributed by atoms with Crippen molar-refractivity contribution in [1.82, 2.24) is 0 Å². The molecule has 0 radical (unpaired) electrons. The number of carbonyl (C=O) groups is 1. The Kier molecular flexibility index (Phi) is 4.20. The van der Waals surface area contributed by atoms with E-state index in [1.165, 1.54) is 20.3 Å². The van der Waals surface area contributed by atoms with Gasteiger partial charge >= 0.3 is 5.97 Å². The minimum absolute atomic E-state index is 0.265. The molecule has 0 fully saturated rings. The number of hydrogen-bond donors (Lipinski definition) is 2. The fraction of sp³-hybridized carbons (Fsp3) is 0.364. The summed E-state index contributed by atoms with van der Waals surface area (Å²) in [5.41, 5.74) is 6.57. The molecule has 0 bridgehead atoms. The van der Waals surface area contributed by atoms with E-state index in [1.54, 1.807) is 6.92 Å². The Morgan fingerprint density at radius 1 is 1.41 bits per heavy atom. The third-order valence-corrected chi connectivity index (χ3v) is 2.77. The average molecular weight is 260 g/mol. The summed E-state index contributed by atoms with van der Waals surface area (Å²) in [7, 11) is 2.91. The maximum Gasteiger partial charge on any atom is 0.325 e. The highest BCUT2D eigenvalue weighted by atomic mass is 35.5. The van der Waals surface area contributed by atoms with Crippen LogP contribution in [0.4, 0.5) is 0 Å². The zero-order valence-electron chi connectivity index (χ0n) is 9.78. The van der Waals surface area contributed by atoms with Gasteiger partial charge in [0.15, 0.2) is 11.5 Å². The van der Waals surface area contributed by atoms with Crippen LogP contribution in [0.3, 0.4) is 0 Å². The monoisotopic (exact) mass is 259 g/mol. The zero-order chi connectivity index (χ0) is 13.2. The maximum atomic E-state index is 10.9. The average Bonchev–Trinajstić information content (AvgIpc) is 2.29. The summed E-state index contributed by atoms with van der Waals surface area (Å²) in [5, 5.41) is 9.17. The molecule has 1 unspecified atom stereocenters.